The fraction of sp³-hybridized carbons (Fsp3) is 0.647. The molecule has 1 aromatic rings. The van der Waals surface area contributed by atoms with Crippen LogP contribution in [0.4, 0.5) is 0 Å². The molecule has 1 aliphatic rings. The average Bonchev–Trinajstić information content (AvgIpc) is 2.89. The van der Waals surface area contributed by atoms with Gasteiger partial charge in [0, 0.05) is 11.6 Å². The van der Waals surface area contributed by atoms with Gasteiger partial charge < -0.3 is 10.1 Å². The van der Waals surface area contributed by atoms with Crippen LogP contribution in [-0.4, -0.2) is 18.8 Å². The van der Waals surface area contributed by atoms with Crippen molar-refractivity contribution in [1.29, 1.82) is 0 Å². The second-order valence-electron chi connectivity index (χ2n) is 5.70. The van der Waals surface area contributed by atoms with Crippen LogP contribution in [0.2, 0.25) is 5.02 Å². The summed E-state index contributed by atoms with van der Waals surface area (Å²) >= 11 is 6.32. The van der Waals surface area contributed by atoms with Crippen molar-refractivity contribution in [3.8, 4) is 0 Å². The van der Waals surface area contributed by atoms with Crippen LogP contribution in [0.15, 0.2) is 18.2 Å². The monoisotopic (exact) mass is 295 g/mol. The zero-order valence-electron chi connectivity index (χ0n) is 12.8. The van der Waals surface area contributed by atoms with E-state index in [0.29, 0.717) is 0 Å². The van der Waals surface area contributed by atoms with Crippen molar-refractivity contribution < 1.29 is 4.74 Å². The molecule has 0 aromatic heterocycles. The number of rotatable bonds is 6. The van der Waals surface area contributed by atoms with Crippen molar-refractivity contribution in [2.24, 2.45) is 0 Å². The molecule has 1 fully saturated rings. The van der Waals surface area contributed by atoms with Gasteiger partial charge in [0.2, 0.25) is 0 Å². The third kappa shape index (κ3) is 3.19. The van der Waals surface area contributed by atoms with Gasteiger partial charge in [-0.15, -0.1) is 0 Å². The van der Waals surface area contributed by atoms with Crippen molar-refractivity contribution in [2.45, 2.75) is 58.1 Å². The Kier molecular flexibility index (Phi) is 5.48. The molecule has 112 valence electrons. The Morgan fingerprint density at radius 2 is 2.00 bits per heavy atom. The summed E-state index contributed by atoms with van der Waals surface area (Å²) in [6, 6.07) is 6.63. The molecule has 1 N–H and O–H groups in total. The highest BCUT2D eigenvalue weighted by molar-refractivity contribution is 6.31. The molecule has 2 rings (SSSR count). The van der Waals surface area contributed by atoms with E-state index in [-0.39, 0.29) is 11.6 Å². The molecule has 2 nitrogen and oxygen atoms in total. The van der Waals surface area contributed by atoms with Gasteiger partial charge in [-0.2, -0.15) is 0 Å². The van der Waals surface area contributed by atoms with Crippen LogP contribution in [-0.2, 0) is 4.74 Å². The number of halogens is 1. The van der Waals surface area contributed by atoms with Crippen LogP contribution in [0.3, 0.4) is 0 Å². The van der Waals surface area contributed by atoms with E-state index in [4.69, 9.17) is 16.3 Å². The topological polar surface area (TPSA) is 21.3 Å². The molecule has 20 heavy (non-hydrogen) atoms. The van der Waals surface area contributed by atoms with E-state index in [9.17, 15) is 0 Å². The number of hydrogen-bond donors (Lipinski definition) is 1. The van der Waals surface area contributed by atoms with Gasteiger partial charge in [-0.1, -0.05) is 43.5 Å². The molecule has 0 aliphatic heterocycles. The number of aryl methyl sites for hydroxylation is 1. The van der Waals surface area contributed by atoms with E-state index in [1.807, 2.05) is 6.92 Å². The second kappa shape index (κ2) is 6.93. The van der Waals surface area contributed by atoms with Gasteiger partial charge in [-0.05, 0) is 50.4 Å². The van der Waals surface area contributed by atoms with Gasteiger partial charge in [0.15, 0.2) is 0 Å². The Bertz CT molecular complexity index is 441. The minimum Gasteiger partial charge on any atom is -0.373 e. The molecule has 0 heterocycles. The molecule has 1 unspecified atom stereocenters. The van der Waals surface area contributed by atoms with Crippen molar-refractivity contribution in [1.82, 2.24) is 5.32 Å². The highest BCUT2D eigenvalue weighted by Crippen LogP contribution is 2.43. The van der Waals surface area contributed by atoms with E-state index in [2.05, 4.69) is 37.4 Å². The molecule has 1 atom stereocenters. The van der Waals surface area contributed by atoms with Crippen molar-refractivity contribution in [3.63, 3.8) is 0 Å². The van der Waals surface area contributed by atoms with Gasteiger partial charge in [0.05, 0.1) is 11.6 Å². The fourth-order valence-corrected chi connectivity index (χ4v) is 3.57. The van der Waals surface area contributed by atoms with Crippen LogP contribution < -0.4 is 5.32 Å². The molecule has 0 radical (unpaired) electrons. The van der Waals surface area contributed by atoms with Crippen LogP contribution in [0.1, 0.15) is 56.7 Å². The number of nitrogens with one attached hydrogen (secondary N) is 1. The summed E-state index contributed by atoms with van der Waals surface area (Å²) in [5.41, 5.74) is 2.31. The zero-order chi connectivity index (χ0) is 14.6. The first-order valence-electron chi connectivity index (χ1n) is 7.76. The first kappa shape index (κ1) is 15.8. The minimum absolute atomic E-state index is 0.0661. The predicted octanol–water partition coefficient (Wildman–Crippen LogP) is 4.65. The summed E-state index contributed by atoms with van der Waals surface area (Å²) < 4.78 is 6.22. The van der Waals surface area contributed by atoms with Crippen LogP contribution in [0, 0.1) is 6.92 Å². The highest BCUT2D eigenvalue weighted by atomic mass is 35.5. The summed E-state index contributed by atoms with van der Waals surface area (Å²) in [4.78, 5) is 0. The number of likely N-dealkylation sites (N-methyl/N-ethyl adjacent to an activating group) is 1. The maximum atomic E-state index is 6.32. The molecule has 0 saturated heterocycles. The molecule has 1 aromatic carbocycles. The molecular weight excluding hydrogens is 270 g/mol. The Labute approximate surface area is 127 Å². The van der Waals surface area contributed by atoms with E-state index >= 15 is 0 Å². The summed E-state index contributed by atoms with van der Waals surface area (Å²) in [6.45, 7) is 7.98. The average molecular weight is 296 g/mol. The quantitative estimate of drug-likeness (QED) is 0.825. The first-order valence-corrected chi connectivity index (χ1v) is 8.14. The predicted molar refractivity (Wildman–Crippen MR) is 85.4 cm³/mol. The van der Waals surface area contributed by atoms with Gasteiger partial charge in [0.1, 0.15) is 0 Å². The van der Waals surface area contributed by atoms with Crippen molar-refractivity contribution in [3.05, 3.63) is 34.3 Å². The standard InChI is InChI=1S/C17H26ClNO/c1-4-19-16(14-9-8-13(3)15(18)12-14)17(20-5-2)10-6-7-11-17/h8-9,12,16,19H,4-7,10-11H2,1-3H3. The lowest BCUT2D eigenvalue weighted by Gasteiger charge is -2.38. The van der Waals surface area contributed by atoms with Crippen LogP contribution >= 0.6 is 11.6 Å². The number of hydrogen-bond acceptors (Lipinski definition) is 2. The van der Waals surface area contributed by atoms with Gasteiger partial charge >= 0.3 is 0 Å². The molecule has 1 aliphatic carbocycles. The molecule has 0 spiro atoms. The van der Waals surface area contributed by atoms with Crippen LogP contribution in [0.5, 0.6) is 0 Å². The van der Waals surface area contributed by atoms with Gasteiger partial charge in [-0.25, -0.2) is 0 Å². The van der Waals surface area contributed by atoms with E-state index in [1.165, 1.54) is 18.4 Å². The maximum Gasteiger partial charge on any atom is 0.0876 e. The lowest BCUT2D eigenvalue weighted by Crippen LogP contribution is -2.44. The fourth-order valence-electron chi connectivity index (χ4n) is 3.38. The highest BCUT2D eigenvalue weighted by Gasteiger charge is 2.42. The normalized spacial score (nSPS) is 19.2. The summed E-state index contributed by atoms with van der Waals surface area (Å²) in [6.07, 6.45) is 4.76. The first-order chi connectivity index (χ1) is 9.63. The molecule has 1 saturated carbocycles. The molecular formula is C17H26ClNO. The number of ether oxygens (including phenoxy) is 1. The third-order valence-corrected chi connectivity index (χ3v) is 4.75. The Hall–Kier alpha value is -0.570. The number of benzene rings is 1. The summed E-state index contributed by atoms with van der Waals surface area (Å²) in [7, 11) is 0. The Morgan fingerprint density at radius 3 is 2.55 bits per heavy atom. The largest absolute Gasteiger partial charge is 0.373 e. The van der Waals surface area contributed by atoms with Gasteiger partial charge in [0.25, 0.3) is 0 Å². The Morgan fingerprint density at radius 1 is 1.30 bits per heavy atom. The van der Waals surface area contributed by atoms with E-state index < -0.39 is 0 Å². The van der Waals surface area contributed by atoms with Crippen molar-refractivity contribution >= 4 is 11.6 Å². The summed E-state index contributed by atoms with van der Waals surface area (Å²) in [5.74, 6) is 0. The minimum atomic E-state index is -0.0661. The van der Waals surface area contributed by atoms with E-state index in [1.54, 1.807) is 0 Å². The van der Waals surface area contributed by atoms with Crippen molar-refractivity contribution in [2.75, 3.05) is 13.2 Å². The third-order valence-electron chi connectivity index (χ3n) is 4.35. The van der Waals surface area contributed by atoms with Gasteiger partial charge in [-0.3, -0.25) is 0 Å². The molecule has 0 bridgehead atoms. The molecule has 0 amide bonds. The second-order valence-corrected chi connectivity index (χ2v) is 6.11. The maximum absolute atomic E-state index is 6.32. The Balaban J connectivity index is 2.35. The molecule has 3 heteroatoms. The lowest BCUT2D eigenvalue weighted by molar-refractivity contribution is -0.0623. The SMILES string of the molecule is CCNC(c1ccc(C)c(Cl)c1)C1(OCC)CCCC1. The summed E-state index contributed by atoms with van der Waals surface area (Å²) in [5, 5.41) is 4.47. The van der Waals surface area contributed by atoms with Crippen LogP contribution in [0.25, 0.3) is 0 Å². The zero-order valence-corrected chi connectivity index (χ0v) is 13.6. The van der Waals surface area contributed by atoms with E-state index in [0.717, 1.165) is 36.6 Å². The lowest BCUT2D eigenvalue weighted by atomic mass is 9.86. The smallest absolute Gasteiger partial charge is 0.0876 e.